The van der Waals surface area contributed by atoms with Crippen LogP contribution in [0.3, 0.4) is 0 Å². The van der Waals surface area contributed by atoms with Crippen LogP contribution in [0.2, 0.25) is 0 Å². The van der Waals surface area contributed by atoms with E-state index >= 15 is 0 Å². The molecule has 31 heavy (non-hydrogen) atoms. The van der Waals surface area contributed by atoms with Crippen molar-refractivity contribution in [2.75, 3.05) is 26.7 Å². The van der Waals surface area contributed by atoms with E-state index in [1.807, 2.05) is 25.3 Å². The van der Waals surface area contributed by atoms with Crippen molar-refractivity contribution in [2.45, 2.75) is 77.3 Å². The van der Waals surface area contributed by atoms with E-state index in [1.54, 1.807) is 12.4 Å². The van der Waals surface area contributed by atoms with Gasteiger partial charge in [0.2, 0.25) is 5.43 Å². The van der Waals surface area contributed by atoms with Gasteiger partial charge in [-0.05, 0) is 66.0 Å². The Hall–Kier alpha value is -2.15. The molecule has 7 heteroatoms. The number of piperidine rings is 1. The Morgan fingerprint density at radius 1 is 1.00 bits per heavy atom. The van der Waals surface area contributed by atoms with Gasteiger partial charge in [-0.15, -0.1) is 0 Å². The van der Waals surface area contributed by atoms with Crippen LogP contribution in [0.4, 0.5) is 0 Å². The van der Waals surface area contributed by atoms with Crippen molar-refractivity contribution in [2.24, 2.45) is 5.92 Å². The second kappa shape index (κ2) is 9.98. The van der Waals surface area contributed by atoms with Gasteiger partial charge in [0.15, 0.2) is 0 Å². The number of amides is 2. The molecular formula is C24H38N4O3. The van der Waals surface area contributed by atoms with Gasteiger partial charge in [0.25, 0.3) is 11.8 Å². The van der Waals surface area contributed by atoms with Crippen molar-refractivity contribution in [1.82, 2.24) is 20.1 Å². The summed E-state index contributed by atoms with van der Waals surface area (Å²) in [4.78, 5) is 41.3. The zero-order chi connectivity index (χ0) is 22.6. The molecule has 1 aromatic rings. The van der Waals surface area contributed by atoms with E-state index in [-0.39, 0.29) is 23.1 Å². The molecule has 2 N–H and O–H groups in total. The Morgan fingerprint density at radius 2 is 1.65 bits per heavy atom. The monoisotopic (exact) mass is 430 g/mol. The maximum atomic E-state index is 13.1. The number of nitrogens with zero attached hydrogens (tertiary/aromatic N) is 2. The van der Waals surface area contributed by atoms with Crippen molar-refractivity contribution in [1.29, 1.82) is 0 Å². The van der Waals surface area contributed by atoms with Crippen molar-refractivity contribution in [3.63, 3.8) is 0 Å². The number of pyridine rings is 1. The molecule has 1 aliphatic carbocycles. The quantitative estimate of drug-likeness (QED) is 0.752. The van der Waals surface area contributed by atoms with E-state index in [0.717, 1.165) is 51.6 Å². The van der Waals surface area contributed by atoms with E-state index in [1.165, 1.54) is 6.42 Å². The topological polar surface area (TPSA) is 83.4 Å². The number of hydrogen-bond donors (Lipinski definition) is 2. The second-order valence-corrected chi connectivity index (χ2v) is 10.3. The van der Waals surface area contributed by atoms with Crippen LogP contribution in [0.25, 0.3) is 0 Å². The summed E-state index contributed by atoms with van der Waals surface area (Å²) in [6.45, 7) is 8.21. The van der Waals surface area contributed by atoms with Crippen LogP contribution >= 0.6 is 0 Å². The first-order valence-electron chi connectivity index (χ1n) is 11.7. The highest BCUT2D eigenvalue weighted by Crippen LogP contribution is 2.28. The zero-order valence-corrected chi connectivity index (χ0v) is 19.5. The highest BCUT2D eigenvalue weighted by Gasteiger charge is 2.25. The molecule has 1 aliphatic heterocycles. The molecular weight excluding hydrogens is 392 g/mol. The van der Waals surface area contributed by atoms with Gasteiger partial charge in [0, 0.05) is 37.1 Å². The first-order valence-corrected chi connectivity index (χ1v) is 11.7. The normalized spacial score (nSPS) is 21.0. The molecule has 0 unspecified atom stereocenters. The number of carbonyl (C=O) groups is 2. The fraction of sp³-hybridized carbons (Fsp3) is 0.708. The summed E-state index contributed by atoms with van der Waals surface area (Å²) in [6, 6.07) is 0.217. The smallest absolute Gasteiger partial charge is 0.257 e. The van der Waals surface area contributed by atoms with Gasteiger partial charge in [-0.25, -0.2) is 0 Å². The number of likely N-dealkylation sites (tertiary alicyclic amines) is 1. The van der Waals surface area contributed by atoms with Crippen molar-refractivity contribution >= 4 is 11.8 Å². The van der Waals surface area contributed by atoms with Crippen LogP contribution in [0.15, 0.2) is 17.2 Å². The minimum Gasteiger partial charge on any atom is -0.352 e. The molecule has 1 saturated carbocycles. The van der Waals surface area contributed by atoms with Crippen LogP contribution in [0.5, 0.6) is 0 Å². The highest BCUT2D eigenvalue weighted by atomic mass is 16.2. The molecule has 1 atom stereocenters. The van der Waals surface area contributed by atoms with E-state index in [0.29, 0.717) is 12.5 Å². The molecule has 7 nitrogen and oxygen atoms in total. The Labute approximate surface area is 185 Å². The first kappa shape index (κ1) is 23.5. The summed E-state index contributed by atoms with van der Waals surface area (Å²) in [5.74, 6) is -0.422. The fourth-order valence-corrected chi connectivity index (χ4v) is 4.69. The Balaban J connectivity index is 1.86. The van der Waals surface area contributed by atoms with Gasteiger partial charge in [-0.1, -0.05) is 19.3 Å². The maximum Gasteiger partial charge on any atom is 0.257 e. The summed E-state index contributed by atoms with van der Waals surface area (Å²) < 4.78 is 1.93. The van der Waals surface area contributed by atoms with Crippen LogP contribution < -0.4 is 16.1 Å². The zero-order valence-electron chi connectivity index (χ0n) is 19.5. The summed E-state index contributed by atoms with van der Waals surface area (Å²) in [7, 11) is 2.09. The lowest BCUT2D eigenvalue weighted by atomic mass is 9.94. The molecule has 0 spiro atoms. The molecule has 3 rings (SSSR count). The largest absolute Gasteiger partial charge is 0.352 e. The lowest BCUT2D eigenvalue weighted by Gasteiger charge is -2.29. The van der Waals surface area contributed by atoms with Gasteiger partial charge >= 0.3 is 0 Å². The number of hydrogen-bond acceptors (Lipinski definition) is 4. The summed E-state index contributed by atoms with van der Waals surface area (Å²) in [6.07, 6.45) is 10.9. The highest BCUT2D eigenvalue weighted by molar-refractivity contribution is 5.99. The second-order valence-electron chi connectivity index (χ2n) is 10.3. The number of aromatic nitrogens is 1. The van der Waals surface area contributed by atoms with Crippen molar-refractivity contribution < 1.29 is 9.59 Å². The lowest BCUT2D eigenvalue weighted by Crippen LogP contribution is -2.44. The van der Waals surface area contributed by atoms with Gasteiger partial charge in [-0.3, -0.25) is 14.4 Å². The Bertz CT molecular complexity index is 849. The standard InChI is InChI=1S/C24H38N4O3/c1-24(2,3)26-23(31)20-16-28(18-10-6-5-7-11-18)15-19(21(20)29)22(30)25-13-17-9-8-12-27(4)14-17/h15-18H,5-14H2,1-4H3,(H,25,30)(H,26,31)/t17-/m1/s1. The first-order chi connectivity index (χ1) is 14.6. The van der Waals surface area contributed by atoms with Crippen molar-refractivity contribution in [3.05, 3.63) is 33.7 Å². The van der Waals surface area contributed by atoms with Crippen molar-refractivity contribution in [3.8, 4) is 0 Å². The van der Waals surface area contributed by atoms with Crippen LogP contribution in [-0.2, 0) is 0 Å². The van der Waals surface area contributed by atoms with Crippen LogP contribution in [-0.4, -0.2) is 53.5 Å². The van der Waals surface area contributed by atoms with Gasteiger partial charge in [0.1, 0.15) is 11.1 Å². The Morgan fingerprint density at radius 3 is 2.26 bits per heavy atom. The number of rotatable bonds is 5. The van der Waals surface area contributed by atoms with E-state index in [2.05, 4.69) is 22.6 Å². The lowest BCUT2D eigenvalue weighted by molar-refractivity contribution is 0.0917. The Kier molecular flexibility index (Phi) is 7.57. The maximum absolute atomic E-state index is 13.1. The molecule has 2 amide bonds. The van der Waals surface area contributed by atoms with Gasteiger partial charge < -0.3 is 20.1 Å². The molecule has 0 aromatic carbocycles. The summed E-state index contributed by atoms with van der Waals surface area (Å²) in [5, 5.41) is 5.84. The number of carbonyl (C=O) groups excluding carboxylic acids is 2. The minimum absolute atomic E-state index is 0.0468. The van der Waals surface area contributed by atoms with E-state index < -0.39 is 16.9 Å². The molecule has 172 valence electrons. The molecule has 0 bridgehead atoms. The molecule has 2 heterocycles. The molecule has 1 aromatic heterocycles. The molecule has 0 radical (unpaired) electrons. The van der Waals surface area contributed by atoms with Crippen LogP contribution in [0, 0.1) is 5.92 Å². The van der Waals surface area contributed by atoms with E-state index in [4.69, 9.17) is 0 Å². The third kappa shape index (κ3) is 6.42. The van der Waals surface area contributed by atoms with Crippen LogP contribution in [0.1, 0.15) is 92.5 Å². The summed E-state index contributed by atoms with van der Waals surface area (Å²) in [5.41, 5.74) is -0.848. The van der Waals surface area contributed by atoms with Gasteiger partial charge in [-0.2, -0.15) is 0 Å². The predicted molar refractivity (Wildman–Crippen MR) is 123 cm³/mol. The summed E-state index contributed by atoms with van der Waals surface area (Å²) >= 11 is 0. The molecule has 1 saturated heterocycles. The number of nitrogens with one attached hydrogen (secondary N) is 2. The third-order valence-electron chi connectivity index (χ3n) is 6.29. The third-order valence-corrected chi connectivity index (χ3v) is 6.29. The fourth-order valence-electron chi connectivity index (χ4n) is 4.69. The minimum atomic E-state index is -0.493. The van der Waals surface area contributed by atoms with Gasteiger partial charge in [0.05, 0.1) is 0 Å². The molecule has 2 fully saturated rings. The average Bonchev–Trinajstić information content (AvgIpc) is 2.71. The van der Waals surface area contributed by atoms with E-state index in [9.17, 15) is 14.4 Å². The average molecular weight is 431 g/mol. The SMILES string of the molecule is CN1CCC[C@H](CNC(=O)c2cn(C3CCCCC3)cc(C(=O)NC(C)(C)C)c2=O)C1. The predicted octanol–water partition coefficient (Wildman–Crippen LogP) is 2.95. The molecule has 2 aliphatic rings.